The normalized spacial score (nSPS) is 17.7. The SMILES string of the molecule is COc1ccc(C2=CN3C(=O)c4cc(OC)c(OCCCOc5cc6c(cc5OC)C(=O)N5C=C(c7ccc(NC(=O)[C@H](C)NC(=O)[C@@H](Nc8ccc(N9C(=O)C=CC9=O)cc8)C(C)C)cc7)C[C@H]5C=N6)cc4N=C[C@@H]3C2)cc1. The van der Waals surface area contributed by atoms with Crippen LogP contribution in [0.2, 0.25) is 0 Å². The minimum Gasteiger partial charge on any atom is -0.497 e. The lowest BCUT2D eigenvalue weighted by Gasteiger charge is -2.25. The maximum Gasteiger partial charge on any atom is 0.260 e. The molecular weight excluding hydrogens is 1010 g/mol. The second-order valence-corrected chi connectivity index (χ2v) is 19.7. The number of carbonyl (C=O) groups excluding carboxylic acids is 6. The molecule has 5 aliphatic rings. The number of methoxy groups -OCH3 is 3. The van der Waals surface area contributed by atoms with E-state index >= 15 is 0 Å². The minimum atomic E-state index is -0.878. The first-order valence-corrected chi connectivity index (χ1v) is 25.8. The third-order valence-corrected chi connectivity index (χ3v) is 14.2. The van der Waals surface area contributed by atoms with Gasteiger partial charge in [-0.2, -0.15) is 0 Å². The van der Waals surface area contributed by atoms with Crippen molar-refractivity contribution in [3.05, 3.63) is 144 Å². The summed E-state index contributed by atoms with van der Waals surface area (Å²) in [6, 6.07) is 26.2. The van der Waals surface area contributed by atoms with Crippen LogP contribution in [0, 0.1) is 5.92 Å². The van der Waals surface area contributed by atoms with E-state index in [-0.39, 0.29) is 48.9 Å². The van der Waals surface area contributed by atoms with Crippen molar-refractivity contribution in [2.24, 2.45) is 15.9 Å². The lowest BCUT2D eigenvalue weighted by Crippen LogP contribution is -2.49. The van der Waals surface area contributed by atoms with Gasteiger partial charge in [0.15, 0.2) is 23.0 Å². The first-order chi connectivity index (χ1) is 38.2. The fraction of sp³-hybridized carbons (Fsp3) is 0.267. The van der Waals surface area contributed by atoms with Crippen molar-refractivity contribution in [1.29, 1.82) is 0 Å². The van der Waals surface area contributed by atoms with Gasteiger partial charge in [0.2, 0.25) is 11.8 Å². The standard InChI is InChI=1S/C60H58N8O11/c1-34(2)56(64-40-14-16-42(17-15-40)68-54(69)20-21-55(68)70)58(72)63-35(3)57(71)65-41-12-8-36(9-13-41)38-24-43-30-61-48-28-52(50(76-5)26-46(48)59(73)66(43)32-38)78-22-7-23-79-53-29-49-47(27-51(53)77-6)60(74)67-33-39(25-44(67)31-62-49)37-10-18-45(75-4)19-11-37/h8-21,26-35,43-44,56,64H,7,22-25H2,1-6H3,(H,63,72)(H,65,71)/t35-,43-,44-,56-/m0/s1. The molecule has 0 radical (unpaired) electrons. The number of nitrogens with one attached hydrogen (secondary N) is 3. The van der Waals surface area contributed by atoms with Gasteiger partial charge in [-0.1, -0.05) is 38.1 Å². The fourth-order valence-electron chi connectivity index (χ4n) is 9.83. The number of ether oxygens (including phenoxy) is 5. The molecule has 4 atom stereocenters. The molecule has 0 aliphatic carbocycles. The zero-order valence-electron chi connectivity index (χ0n) is 44.4. The van der Waals surface area contributed by atoms with Crippen molar-refractivity contribution < 1.29 is 52.5 Å². The van der Waals surface area contributed by atoms with Crippen molar-refractivity contribution in [2.45, 2.75) is 64.2 Å². The number of carbonyl (C=O) groups is 6. The molecule has 5 heterocycles. The Morgan fingerprint density at radius 1 is 0.608 bits per heavy atom. The molecule has 3 N–H and O–H groups in total. The Bertz CT molecular complexity index is 3390. The fourth-order valence-corrected chi connectivity index (χ4v) is 9.83. The molecule has 19 nitrogen and oxygen atoms in total. The molecule has 0 spiro atoms. The average molecular weight is 1070 g/mol. The van der Waals surface area contributed by atoms with Crippen LogP contribution in [0.4, 0.5) is 28.4 Å². The molecule has 0 fully saturated rings. The average Bonchev–Trinajstić information content (AvgIpc) is 4.27. The van der Waals surface area contributed by atoms with E-state index in [9.17, 15) is 28.8 Å². The van der Waals surface area contributed by atoms with E-state index in [0.717, 1.165) is 32.9 Å². The number of anilines is 3. The monoisotopic (exact) mass is 1070 g/mol. The van der Waals surface area contributed by atoms with Gasteiger partial charge in [0.25, 0.3) is 23.6 Å². The van der Waals surface area contributed by atoms with Crippen LogP contribution in [0.3, 0.4) is 0 Å². The van der Waals surface area contributed by atoms with E-state index < -0.39 is 29.8 Å². The summed E-state index contributed by atoms with van der Waals surface area (Å²) in [5.41, 5.74) is 7.03. The molecule has 5 aromatic carbocycles. The van der Waals surface area contributed by atoms with Crippen molar-refractivity contribution in [3.8, 4) is 28.7 Å². The smallest absolute Gasteiger partial charge is 0.260 e. The molecule has 404 valence electrons. The number of benzene rings is 5. The number of hydrogen-bond donors (Lipinski definition) is 3. The van der Waals surface area contributed by atoms with Gasteiger partial charge in [-0.05, 0) is 95.8 Å². The van der Waals surface area contributed by atoms with E-state index in [1.807, 2.05) is 62.6 Å². The van der Waals surface area contributed by atoms with E-state index in [4.69, 9.17) is 33.7 Å². The van der Waals surface area contributed by atoms with Crippen LogP contribution in [0.25, 0.3) is 11.1 Å². The van der Waals surface area contributed by atoms with Gasteiger partial charge >= 0.3 is 0 Å². The Labute approximate surface area is 456 Å². The molecule has 6 amide bonds. The van der Waals surface area contributed by atoms with E-state index in [2.05, 4.69) is 16.0 Å². The Morgan fingerprint density at radius 3 is 1.58 bits per heavy atom. The molecule has 0 bridgehead atoms. The number of amides is 6. The number of fused-ring (bicyclic) bond motifs is 4. The zero-order valence-corrected chi connectivity index (χ0v) is 44.4. The highest BCUT2D eigenvalue weighted by molar-refractivity contribution is 6.28. The molecule has 79 heavy (non-hydrogen) atoms. The molecule has 0 aromatic heterocycles. The Morgan fingerprint density at radius 2 is 1.10 bits per heavy atom. The summed E-state index contributed by atoms with van der Waals surface area (Å²) in [6.07, 6.45) is 11.3. The molecule has 19 heteroatoms. The topological polar surface area (TPSA) is 219 Å². The molecule has 5 aromatic rings. The van der Waals surface area contributed by atoms with Crippen LogP contribution in [0.15, 0.2) is 132 Å². The number of nitrogens with zero attached hydrogens (tertiary/aromatic N) is 5. The number of rotatable bonds is 19. The van der Waals surface area contributed by atoms with E-state index in [0.29, 0.717) is 81.8 Å². The molecule has 0 saturated heterocycles. The second-order valence-electron chi connectivity index (χ2n) is 19.7. The van der Waals surface area contributed by atoms with Gasteiger partial charge in [0.1, 0.15) is 17.8 Å². The van der Waals surface area contributed by atoms with Gasteiger partial charge in [-0.3, -0.25) is 38.8 Å². The first kappa shape index (κ1) is 52.9. The number of imide groups is 1. The van der Waals surface area contributed by atoms with Crippen molar-refractivity contribution in [3.63, 3.8) is 0 Å². The number of hydrogen-bond acceptors (Lipinski definition) is 14. The summed E-state index contributed by atoms with van der Waals surface area (Å²) < 4.78 is 29.0. The summed E-state index contributed by atoms with van der Waals surface area (Å²) in [5, 5.41) is 8.88. The molecule has 10 rings (SSSR count). The van der Waals surface area contributed by atoms with Crippen LogP contribution in [0.1, 0.15) is 71.9 Å². The summed E-state index contributed by atoms with van der Waals surface area (Å²) in [7, 11) is 4.66. The third-order valence-electron chi connectivity index (χ3n) is 14.2. The first-order valence-electron chi connectivity index (χ1n) is 25.8. The highest BCUT2D eigenvalue weighted by Crippen LogP contribution is 2.42. The summed E-state index contributed by atoms with van der Waals surface area (Å²) >= 11 is 0. The van der Waals surface area contributed by atoms with Crippen LogP contribution < -0.4 is 44.5 Å². The highest BCUT2D eigenvalue weighted by atomic mass is 16.5. The van der Waals surface area contributed by atoms with Crippen molar-refractivity contribution in [1.82, 2.24) is 15.1 Å². The summed E-state index contributed by atoms with van der Waals surface area (Å²) in [5.74, 6) is 0.157. The van der Waals surface area contributed by atoms with Gasteiger partial charge in [0, 0.05) is 79.8 Å². The lowest BCUT2D eigenvalue weighted by atomic mass is 10.0. The quantitative estimate of drug-likeness (QED) is 0.0524. The second kappa shape index (κ2) is 22.6. The van der Waals surface area contributed by atoms with Crippen molar-refractivity contribution in [2.75, 3.05) is 50.1 Å². The Balaban J connectivity index is 0.711. The van der Waals surface area contributed by atoms with Crippen LogP contribution in [-0.4, -0.2) is 116 Å². The lowest BCUT2D eigenvalue weighted by molar-refractivity contribution is -0.127. The van der Waals surface area contributed by atoms with E-state index in [1.165, 1.54) is 26.4 Å². The minimum absolute atomic E-state index is 0.156. The molecular formula is C60H58N8O11. The number of aliphatic imine (C=N–C) groups is 2. The Kier molecular flexibility index (Phi) is 15.1. The van der Waals surface area contributed by atoms with Gasteiger partial charge < -0.3 is 49.4 Å². The van der Waals surface area contributed by atoms with Crippen LogP contribution >= 0.6 is 0 Å². The molecule has 0 unspecified atom stereocenters. The summed E-state index contributed by atoms with van der Waals surface area (Å²) in [4.78, 5) is 92.8. The predicted molar refractivity (Wildman–Crippen MR) is 299 cm³/mol. The van der Waals surface area contributed by atoms with Gasteiger partial charge in [-0.15, -0.1) is 0 Å². The Hall–Kier alpha value is -9.52. The highest BCUT2D eigenvalue weighted by Gasteiger charge is 2.36. The van der Waals surface area contributed by atoms with E-state index in [1.54, 1.807) is 96.9 Å². The van der Waals surface area contributed by atoms with Crippen LogP contribution in [0.5, 0.6) is 28.7 Å². The van der Waals surface area contributed by atoms with Gasteiger partial charge in [-0.25, -0.2) is 4.90 Å². The maximum absolute atomic E-state index is 14.1. The van der Waals surface area contributed by atoms with Gasteiger partial charge in [0.05, 0.1) is 74.8 Å². The molecule has 0 saturated carbocycles. The zero-order chi connectivity index (χ0) is 55.5. The largest absolute Gasteiger partial charge is 0.497 e. The summed E-state index contributed by atoms with van der Waals surface area (Å²) in [6.45, 7) is 5.87. The molecule has 5 aliphatic heterocycles. The maximum atomic E-state index is 14.1. The predicted octanol–water partition coefficient (Wildman–Crippen LogP) is 8.51. The van der Waals surface area contributed by atoms with Crippen LogP contribution in [-0.2, 0) is 19.2 Å². The third kappa shape index (κ3) is 11.1. The van der Waals surface area contributed by atoms with Crippen molar-refractivity contribution >= 4 is 87.5 Å².